The molecule has 0 saturated heterocycles. The fourth-order valence-electron chi connectivity index (χ4n) is 1.59. The van der Waals surface area contributed by atoms with E-state index in [4.69, 9.17) is 9.15 Å². The summed E-state index contributed by atoms with van der Waals surface area (Å²) in [5.41, 5.74) is 0.117. The van der Waals surface area contributed by atoms with Crippen LogP contribution >= 0.6 is 0 Å². The van der Waals surface area contributed by atoms with E-state index in [2.05, 4.69) is 5.32 Å². The standard InChI is InChI=1S/C13H13NO4/c1-17-11-6-2-5-10(15)12(11)13(16)14-8-9-4-3-7-18-9/h2-7,15H,8H2,1H3,(H,14,16). The minimum atomic E-state index is -0.415. The highest BCUT2D eigenvalue weighted by molar-refractivity contribution is 5.99. The van der Waals surface area contributed by atoms with Gasteiger partial charge in [0.25, 0.3) is 5.91 Å². The van der Waals surface area contributed by atoms with Crippen molar-refractivity contribution in [2.24, 2.45) is 0 Å². The Labute approximate surface area is 104 Å². The van der Waals surface area contributed by atoms with Crippen LogP contribution in [-0.4, -0.2) is 18.1 Å². The number of rotatable bonds is 4. The van der Waals surface area contributed by atoms with Crippen molar-refractivity contribution >= 4 is 5.91 Å². The zero-order chi connectivity index (χ0) is 13.0. The second-order valence-electron chi connectivity index (χ2n) is 3.62. The van der Waals surface area contributed by atoms with E-state index in [0.717, 1.165) is 0 Å². The number of phenols is 1. The van der Waals surface area contributed by atoms with E-state index in [1.807, 2.05) is 0 Å². The minimum absolute atomic E-state index is 0.117. The molecule has 18 heavy (non-hydrogen) atoms. The molecule has 2 N–H and O–H groups in total. The fraction of sp³-hybridized carbons (Fsp3) is 0.154. The lowest BCUT2D eigenvalue weighted by Gasteiger charge is -2.09. The first kappa shape index (κ1) is 12.0. The van der Waals surface area contributed by atoms with Gasteiger partial charge in [-0.3, -0.25) is 4.79 Å². The first-order valence-electron chi connectivity index (χ1n) is 5.39. The molecule has 0 aliphatic heterocycles. The first-order chi connectivity index (χ1) is 8.72. The van der Waals surface area contributed by atoms with Crippen LogP contribution in [0.5, 0.6) is 11.5 Å². The van der Waals surface area contributed by atoms with E-state index >= 15 is 0 Å². The Morgan fingerprint density at radius 3 is 2.89 bits per heavy atom. The molecule has 2 rings (SSSR count). The number of methoxy groups -OCH3 is 1. The van der Waals surface area contributed by atoms with Crippen LogP contribution in [0.3, 0.4) is 0 Å². The molecule has 0 atom stereocenters. The second kappa shape index (κ2) is 5.27. The quantitative estimate of drug-likeness (QED) is 0.865. The molecule has 0 unspecified atom stereocenters. The van der Waals surface area contributed by atoms with Crippen LogP contribution in [0, 0.1) is 0 Å². The number of aromatic hydroxyl groups is 1. The molecule has 0 fully saturated rings. The van der Waals surface area contributed by atoms with Crippen molar-refractivity contribution in [1.29, 1.82) is 0 Å². The van der Waals surface area contributed by atoms with Gasteiger partial charge in [-0.1, -0.05) is 6.07 Å². The Morgan fingerprint density at radius 2 is 2.22 bits per heavy atom. The van der Waals surface area contributed by atoms with Crippen LogP contribution in [0.15, 0.2) is 41.0 Å². The average Bonchev–Trinajstić information content (AvgIpc) is 2.88. The highest BCUT2D eigenvalue weighted by Gasteiger charge is 2.16. The number of amides is 1. The van der Waals surface area contributed by atoms with Gasteiger partial charge in [-0.2, -0.15) is 0 Å². The Hall–Kier alpha value is -2.43. The molecule has 0 saturated carbocycles. The molecule has 0 aliphatic carbocycles. The Kier molecular flexibility index (Phi) is 3.52. The Bertz CT molecular complexity index is 534. The highest BCUT2D eigenvalue weighted by atomic mass is 16.5. The maximum atomic E-state index is 11.9. The summed E-state index contributed by atoms with van der Waals surface area (Å²) in [7, 11) is 1.44. The summed E-state index contributed by atoms with van der Waals surface area (Å²) < 4.78 is 10.1. The van der Waals surface area contributed by atoms with Gasteiger partial charge in [0.1, 0.15) is 22.8 Å². The van der Waals surface area contributed by atoms with E-state index in [-0.39, 0.29) is 17.9 Å². The smallest absolute Gasteiger partial charge is 0.259 e. The van der Waals surface area contributed by atoms with Crippen molar-refractivity contribution in [2.75, 3.05) is 7.11 Å². The molecular formula is C13H13NO4. The molecule has 1 heterocycles. The third-order valence-electron chi connectivity index (χ3n) is 2.45. The summed E-state index contributed by atoms with van der Waals surface area (Å²) >= 11 is 0. The molecule has 0 aliphatic rings. The number of furan rings is 1. The summed E-state index contributed by atoms with van der Waals surface area (Å²) in [5.74, 6) is 0.428. The number of hydrogen-bond donors (Lipinski definition) is 2. The van der Waals surface area contributed by atoms with Crippen LogP contribution in [-0.2, 0) is 6.54 Å². The first-order valence-corrected chi connectivity index (χ1v) is 5.39. The summed E-state index contributed by atoms with van der Waals surface area (Å²) in [5, 5.41) is 12.3. The van der Waals surface area contributed by atoms with Crippen LogP contribution in [0.4, 0.5) is 0 Å². The summed E-state index contributed by atoms with van der Waals surface area (Å²) in [4.78, 5) is 11.9. The van der Waals surface area contributed by atoms with Crippen LogP contribution in [0.2, 0.25) is 0 Å². The van der Waals surface area contributed by atoms with Gasteiger partial charge in [-0.15, -0.1) is 0 Å². The molecule has 1 aromatic carbocycles. The Morgan fingerprint density at radius 1 is 1.39 bits per heavy atom. The number of carbonyl (C=O) groups excluding carboxylic acids is 1. The lowest BCUT2D eigenvalue weighted by molar-refractivity contribution is 0.0942. The van der Waals surface area contributed by atoms with Gasteiger partial charge in [-0.05, 0) is 24.3 Å². The van der Waals surface area contributed by atoms with E-state index < -0.39 is 5.91 Å². The van der Waals surface area contributed by atoms with Gasteiger partial charge < -0.3 is 19.6 Å². The van der Waals surface area contributed by atoms with Crippen LogP contribution < -0.4 is 10.1 Å². The summed E-state index contributed by atoms with van der Waals surface area (Å²) in [6, 6.07) is 8.15. The van der Waals surface area contributed by atoms with E-state index in [1.165, 1.54) is 19.4 Å². The van der Waals surface area contributed by atoms with Gasteiger partial charge in [0.05, 0.1) is 19.9 Å². The average molecular weight is 247 g/mol. The van der Waals surface area contributed by atoms with E-state index in [1.54, 1.807) is 24.3 Å². The fourth-order valence-corrected chi connectivity index (χ4v) is 1.59. The van der Waals surface area contributed by atoms with Crippen molar-refractivity contribution in [1.82, 2.24) is 5.32 Å². The molecule has 1 amide bonds. The van der Waals surface area contributed by atoms with Gasteiger partial charge >= 0.3 is 0 Å². The molecular weight excluding hydrogens is 234 g/mol. The van der Waals surface area contributed by atoms with Gasteiger partial charge in [-0.25, -0.2) is 0 Å². The van der Waals surface area contributed by atoms with Crippen molar-refractivity contribution in [2.45, 2.75) is 6.54 Å². The largest absolute Gasteiger partial charge is 0.507 e. The predicted octanol–water partition coefficient (Wildman–Crippen LogP) is 1.92. The number of ether oxygens (including phenoxy) is 1. The highest BCUT2D eigenvalue weighted by Crippen LogP contribution is 2.26. The van der Waals surface area contributed by atoms with Crippen molar-refractivity contribution < 1.29 is 19.1 Å². The third kappa shape index (κ3) is 2.45. The minimum Gasteiger partial charge on any atom is -0.507 e. The molecule has 5 heteroatoms. The molecule has 2 aromatic rings. The van der Waals surface area contributed by atoms with Crippen molar-refractivity contribution in [3.63, 3.8) is 0 Å². The zero-order valence-corrected chi connectivity index (χ0v) is 9.84. The molecule has 94 valence electrons. The predicted molar refractivity (Wildman–Crippen MR) is 64.5 cm³/mol. The summed E-state index contributed by atoms with van der Waals surface area (Å²) in [6.45, 7) is 0.253. The number of carbonyl (C=O) groups is 1. The second-order valence-corrected chi connectivity index (χ2v) is 3.62. The van der Waals surface area contributed by atoms with Crippen LogP contribution in [0.1, 0.15) is 16.1 Å². The molecule has 1 aromatic heterocycles. The molecule has 0 spiro atoms. The SMILES string of the molecule is COc1cccc(O)c1C(=O)NCc1ccco1. The van der Waals surface area contributed by atoms with Gasteiger partial charge in [0, 0.05) is 0 Å². The maximum absolute atomic E-state index is 11.9. The number of benzene rings is 1. The Balaban J connectivity index is 2.13. The van der Waals surface area contributed by atoms with Gasteiger partial charge in [0.15, 0.2) is 0 Å². The third-order valence-corrected chi connectivity index (χ3v) is 2.45. The van der Waals surface area contributed by atoms with E-state index in [0.29, 0.717) is 11.5 Å². The molecule has 5 nitrogen and oxygen atoms in total. The lowest BCUT2D eigenvalue weighted by atomic mass is 10.1. The van der Waals surface area contributed by atoms with Crippen LogP contribution in [0.25, 0.3) is 0 Å². The zero-order valence-electron chi connectivity index (χ0n) is 9.84. The molecule has 0 radical (unpaired) electrons. The van der Waals surface area contributed by atoms with Crippen molar-refractivity contribution in [3.8, 4) is 11.5 Å². The summed E-state index contributed by atoms with van der Waals surface area (Å²) in [6.07, 6.45) is 1.53. The topological polar surface area (TPSA) is 71.7 Å². The number of nitrogens with one attached hydrogen (secondary N) is 1. The van der Waals surface area contributed by atoms with E-state index in [9.17, 15) is 9.90 Å². The number of phenolic OH excluding ortho intramolecular Hbond substituents is 1. The van der Waals surface area contributed by atoms with Crippen molar-refractivity contribution in [3.05, 3.63) is 47.9 Å². The maximum Gasteiger partial charge on any atom is 0.259 e. The molecule has 0 bridgehead atoms. The lowest BCUT2D eigenvalue weighted by Crippen LogP contribution is -2.23. The van der Waals surface area contributed by atoms with Gasteiger partial charge in [0.2, 0.25) is 0 Å². The monoisotopic (exact) mass is 247 g/mol. The number of hydrogen-bond acceptors (Lipinski definition) is 4. The normalized spacial score (nSPS) is 10.1.